The van der Waals surface area contributed by atoms with Gasteiger partial charge in [-0.2, -0.15) is 0 Å². The van der Waals surface area contributed by atoms with Crippen molar-refractivity contribution in [2.75, 3.05) is 13.7 Å². The first-order valence-electron chi connectivity index (χ1n) is 6.65. The monoisotopic (exact) mass is 263 g/mol. The number of carboxylic acid groups (broad SMARTS) is 1. The van der Waals surface area contributed by atoms with Crippen LogP contribution in [-0.2, 0) is 6.54 Å². The van der Waals surface area contributed by atoms with Gasteiger partial charge in [-0.25, -0.2) is 4.79 Å². The summed E-state index contributed by atoms with van der Waals surface area (Å²) in [4.78, 5) is 13.4. The third kappa shape index (κ3) is 3.07. The molecule has 0 aromatic heterocycles. The maximum Gasteiger partial charge on any atom is 0.335 e. The van der Waals surface area contributed by atoms with E-state index in [1.54, 1.807) is 25.3 Å². The lowest BCUT2D eigenvalue weighted by atomic mass is 10.1. The normalized spacial score (nSPS) is 23.5. The van der Waals surface area contributed by atoms with E-state index in [9.17, 15) is 4.79 Å². The highest BCUT2D eigenvalue weighted by molar-refractivity contribution is 5.88. The van der Waals surface area contributed by atoms with E-state index in [2.05, 4.69) is 18.7 Å². The Morgan fingerprint density at radius 3 is 2.74 bits per heavy atom. The lowest BCUT2D eigenvalue weighted by molar-refractivity contribution is 0.0696. The van der Waals surface area contributed by atoms with Gasteiger partial charge in [-0.15, -0.1) is 0 Å². The predicted octanol–water partition coefficient (Wildman–Crippen LogP) is 2.62. The largest absolute Gasteiger partial charge is 0.496 e. The Hall–Kier alpha value is -1.55. The Kier molecular flexibility index (Phi) is 4.10. The van der Waals surface area contributed by atoms with Crippen LogP contribution in [0.1, 0.15) is 36.2 Å². The Balaban J connectivity index is 2.22. The van der Waals surface area contributed by atoms with Crippen LogP contribution >= 0.6 is 0 Å². The average Bonchev–Trinajstić information content (AvgIpc) is 2.67. The van der Waals surface area contributed by atoms with Crippen molar-refractivity contribution < 1.29 is 14.6 Å². The molecule has 1 heterocycles. The fourth-order valence-corrected chi connectivity index (χ4v) is 2.86. The minimum Gasteiger partial charge on any atom is -0.496 e. The molecule has 1 fully saturated rings. The molecule has 0 saturated carbocycles. The van der Waals surface area contributed by atoms with Gasteiger partial charge in [0.15, 0.2) is 0 Å². The molecule has 4 heteroatoms. The zero-order valence-electron chi connectivity index (χ0n) is 11.7. The number of methoxy groups -OCH3 is 1. The quantitative estimate of drug-likeness (QED) is 0.907. The van der Waals surface area contributed by atoms with Crippen molar-refractivity contribution in [2.24, 2.45) is 5.92 Å². The first kappa shape index (κ1) is 13.9. The lowest BCUT2D eigenvalue weighted by Crippen LogP contribution is -2.26. The second kappa shape index (κ2) is 5.61. The van der Waals surface area contributed by atoms with Gasteiger partial charge in [0.1, 0.15) is 5.75 Å². The van der Waals surface area contributed by atoms with E-state index in [-0.39, 0.29) is 0 Å². The number of carboxylic acids is 1. The molecule has 0 bridgehead atoms. The Labute approximate surface area is 114 Å². The number of aromatic carboxylic acids is 1. The lowest BCUT2D eigenvalue weighted by Gasteiger charge is -2.22. The zero-order chi connectivity index (χ0) is 14.0. The van der Waals surface area contributed by atoms with Gasteiger partial charge in [-0.1, -0.05) is 6.92 Å². The van der Waals surface area contributed by atoms with Crippen LogP contribution in [0, 0.1) is 5.92 Å². The van der Waals surface area contributed by atoms with E-state index < -0.39 is 5.97 Å². The van der Waals surface area contributed by atoms with Gasteiger partial charge in [0, 0.05) is 24.7 Å². The van der Waals surface area contributed by atoms with E-state index in [1.165, 1.54) is 6.42 Å². The standard InChI is InChI=1S/C15H21NO3/c1-10-6-11(2)16(8-10)9-13-7-12(15(17)18)4-5-14(13)19-3/h4-5,7,10-11H,6,8-9H2,1-3H3,(H,17,18). The van der Waals surface area contributed by atoms with Crippen LogP contribution < -0.4 is 4.74 Å². The molecule has 1 aromatic carbocycles. The van der Waals surface area contributed by atoms with Gasteiger partial charge in [0.05, 0.1) is 12.7 Å². The summed E-state index contributed by atoms with van der Waals surface area (Å²) in [6.07, 6.45) is 1.20. The number of hydrogen-bond donors (Lipinski definition) is 1. The summed E-state index contributed by atoms with van der Waals surface area (Å²) in [6, 6.07) is 5.58. The van der Waals surface area contributed by atoms with Crippen molar-refractivity contribution in [1.82, 2.24) is 4.90 Å². The molecule has 0 spiro atoms. The number of hydrogen-bond acceptors (Lipinski definition) is 3. The molecule has 0 amide bonds. The maximum atomic E-state index is 11.1. The molecule has 1 aliphatic rings. The highest BCUT2D eigenvalue weighted by atomic mass is 16.5. The molecule has 2 unspecified atom stereocenters. The van der Waals surface area contributed by atoms with Crippen molar-refractivity contribution in [3.8, 4) is 5.75 Å². The summed E-state index contributed by atoms with van der Waals surface area (Å²) in [5.74, 6) is 0.562. The molecule has 0 aliphatic carbocycles. The van der Waals surface area contributed by atoms with Gasteiger partial charge in [0.25, 0.3) is 0 Å². The number of carbonyl (C=O) groups is 1. The molecule has 2 atom stereocenters. The summed E-state index contributed by atoms with van der Waals surface area (Å²) in [7, 11) is 1.62. The first-order valence-corrected chi connectivity index (χ1v) is 6.65. The van der Waals surface area contributed by atoms with E-state index in [1.807, 2.05) is 0 Å². The van der Waals surface area contributed by atoms with Crippen LogP contribution in [0.25, 0.3) is 0 Å². The van der Waals surface area contributed by atoms with Gasteiger partial charge in [-0.05, 0) is 37.5 Å². The third-order valence-electron chi connectivity index (χ3n) is 3.81. The average molecular weight is 263 g/mol. The Morgan fingerprint density at radius 1 is 1.47 bits per heavy atom. The highest BCUT2D eigenvalue weighted by Crippen LogP contribution is 2.28. The van der Waals surface area contributed by atoms with Gasteiger partial charge >= 0.3 is 5.97 Å². The summed E-state index contributed by atoms with van der Waals surface area (Å²) in [5, 5.41) is 9.07. The van der Waals surface area contributed by atoms with E-state index >= 15 is 0 Å². The second-order valence-corrected chi connectivity index (χ2v) is 5.45. The summed E-state index contributed by atoms with van der Waals surface area (Å²) >= 11 is 0. The SMILES string of the molecule is COc1ccc(C(=O)O)cc1CN1CC(C)CC1C. The number of benzene rings is 1. The molecule has 0 radical (unpaired) electrons. The molecule has 2 rings (SSSR count). The molecule has 1 N–H and O–H groups in total. The first-order chi connectivity index (χ1) is 9.01. The van der Waals surface area contributed by atoms with Crippen LogP contribution in [0.5, 0.6) is 5.75 Å². The Morgan fingerprint density at radius 2 is 2.21 bits per heavy atom. The van der Waals surface area contributed by atoms with E-state index in [0.29, 0.717) is 17.5 Å². The van der Waals surface area contributed by atoms with Crippen molar-refractivity contribution in [1.29, 1.82) is 0 Å². The molecule has 1 aromatic rings. The molecule has 4 nitrogen and oxygen atoms in total. The summed E-state index contributed by atoms with van der Waals surface area (Å²) in [5.41, 5.74) is 1.26. The second-order valence-electron chi connectivity index (χ2n) is 5.45. The minimum atomic E-state index is -0.897. The van der Waals surface area contributed by atoms with Crippen molar-refractivity contribution in [2.45, 2.75) is 32.9 Å². The minimum absolute atomic E-state index is 0.315. The summed E-state index contributed by atoms with van der Waals surface area (Å²) < 4.78 is 5.33. The van der Waals surface area contributed by atoms with Crippen LogP contribution in [-0.4, -0.2) is 35.7 Å². The number of rotatable bonds is 4. The number of nitrogens with zero attached hydrogens (tertiary/aromatic N) is 1. The van der Waals surface area contributed by atoms with E-state index in [4.69, 9.17) is 9.84 Å². The predicted molar refractivity (Wildman–Crippen MR) is 73.6 cm³/mol. The summed E-state index contributed by atoms with van der Waals surface area (Å²) in [6.45, 7) is 6.27. The molecule has 1 aliphatic heterocycles. The molecular weight excluding hydrogens is 242 g/mol. The fraction of sp³-hybridized carbons (Fsp3) is 0.533. The molecule has 19 heavy (non-hydrogen) atoms. The highest BCUT2D eigenvalue weighted by Gasteiger charge is 2.26. The van der Waals surface area contributed by atoms with Crippen LogP contribution in [0.4, 0.5) is 0 Å². The van der Waals surface area contributed by atoms with Crippen LogP contribution in [0.3, 0.4) is 0 Å². The van der Waals surface area contributed by atoms with Gasteiger partial charge < -0.3 is 9.84 Å². The van der Waals surface area contributed by atoms with Crippen LogP contribution in [0.15, 0.2) is 18.2 Å². The molecule has 104 valence electrons. The van der Waals surface area contributed by atoms with Gasteiger partial charge in [0.2, 0.25) is 0 Å². The third-order valence-corrected chi connectivity index (χ3v) is 3.81. The molecule has 1 saturated heterocycles. The number of likely N-dealkylation sites (tertiary alicyclic amines) is 1. The van der Waals surface area contributed by atoms with E-state index in [0.717, 1.165) is 24.4 Å². The van der Waals surface area contributed by atoms with Gasteiger partial charge in [-0.3, -0.25) is 4.90 Å². The van der Waals surface area contributed by atoms with Crippen molar-refractivity contribution in [3.05, 3.63) is 29.3 Å². The maximum absolute atomic E-state index is 11.1. The topological polar surface area (TPSA) is 49.8 Å². The zero-order valence-corrected chi connectivity index (χ0v) is 11.7. The molecular formula is C15H21NO3. The Bertz CT molecular complexity index is 472. The fourth-order valence-electron chi connectivity index (χ4n) is 2.86. The van der Waals surface area contributed by atoms with Crippen molar-refractivity contribution in [3.63, 3.8) is 0 Å². The van der Waals surface area contributed by atoms with Crippen molar-refractivity contribution >= 4 is 5.97 Å². The number of ether oxygens (including phenoxy) is 1. The van der Waals surface area contributed by atoms with Crippen LogP contribution in [0.2, 0.25) is 0 Å². The smallest absolute Gasteiger partial charge is 0.335 e.